The van der Waals surface area contributed by atoms with E-state index in [2.05, 4.69) is 22.3 Å². The molecule has 25 heavy (non-hydrogen) atoms. The summed E-state index contributed by atoms with van der Waals surface area (Å²) in [5.41, 5.74) is 2.78. The molecule has 0 aromatic heterocycles. The number of carbonyl (C=O) groups excluding carboxylic acids is 1. The molecule has 2 N–H and O–H groups in total. The molecule has 1 atom stereocenters. The number of benzene rings is 2. The Morgan fingerprint density at radius 2 is 1.96 bits per heavy atom. The van der Waals surface area contributed by atoms with E-state index in [1.165, 1.54) is 11.6 Å². The number of likely N-dealkylation sites (tertiary alicyclic amines) is 1. The highest BCUT2D eigenvalue weighted by atomic mass is 16.4. The topological polar surface area (TPSA) is 69.6 Å². The largest absolute Gasteiger partial charge is 0.478 e. The maximum Gasteiger partial charge on any atom is 0.335 e. The van der Waals surface area contributed by atoms with E-state index in [4.69, 9.17) is 5.11 Å². The molecular weight excluding hydrogens is 316 g/mol. The van der Waals surface area contributed by atoms with E-state index < -0.39 is 5.97 Å². The first-order valence-electron chi connectivity index (χ1n) is 8.47. The van der Waals surface area contributed by atoms with Crippen molar-refractivity contribution in [3.05, 3.63) is 65.2 Å². The Bertz CT molecular complexity index is 774. The zero-order valence-corrected chi connectivity index (χ0v) is 14.2. The zero-order valence-electron chi connectivity index (χ0n) is 14.2. The number of nitrogens with one attached hydrogen (secondary N) is 1. The number of aryl methyl sites for hydroxylation is 1. The number of hydrogen-bond acceptors (Lipinski definition) is 3. The van der Waals surface area contributed by atoms with Crippen molar-refractivity contribution in [1.82, 2.24) is 4.90 Å². The minimum atomic E-state index is -0.998. The molecule has 0 aliphatic carbocycles. The van der Waals surface area contributed by atoms with Gasteiger partial charge in [0.15, 0.2) is 0 Å². The van der Waals surface area contributed by atoms with Crippen LogP contribution >= 0.6 is 0 Å². The second-order valence-electron chi connectivity index (χ2n) is 6.44. The first-order valence-corrected chi connectivity index (χ1v) is 8.47. The Morgan fingerprint density at radius 3 is 2.68 bits per heavy atom. The number of nitrogens with zero attached hydrogens (tertiary/aromatic N) is 1. The molecule has 1 fully saturated rings. The van der Waals surface area contributed by atoms with Crippen LogP contribution in [-0.2, 0) is 11.3 Å². The van der Waals surface area contributed by atoms with Gasteiger partial charge in [0.2, 0.25) is 5.91 Å². The van der Waals surface area contributed by atoms with Crippen LogP contribution in [0.15, 0.2) is 48.5 Å². The fourth-order valence-electron chi connectivity index (χ4n) is 3.24. The number of rotatable bonds is 5. The number of amides is 1. The molecule has 0 spiro atoms. The fraction of sp³-hybridized carbons (Fsp3) is 0.300. The smallest absolute Gasteiger partial charge is 0.335 e. The maximum atomic E-state index is 12.7. The summed E-state index contributed by atoms with van der Waals surface area (Å²) in [5, 5.41) is 12.1. The van der Waals surface area contributed by atoms with Gasteiger partial charge in [-0.15, -0.1) is 0 Å². The molecule has 5 nitrogen and oxygen atoms in total. The van der Waals surface area contributed by atoms with Gasteiger partial charge in [0.1, 0.15) is 0 Å². The van der Waals surface area contributed by atoms with Gasteiger partial charge in [0, 0.05) is 12.2 Å². The van der Waals surface area contributed by atoms with Gasteiger partial charge < -0.3 is 10.4 Å². The molecule has 3 rings (SSSR count). The van der Waals surface area contributed by atoms with Gasteiger partial charge in [-0.05, 0) is 49.6 Å². The third kappa shape index (κ3) is 4.06. The van der Waals surface area contributed by atoms with Gasteiger partial charge in [-0.1, -0.05) is 36.4 Å². The summed E-state index contributed by atoms with van der Waals surface area (Å²) in [7, 11) is 0. The lowest BCUT2D eigenvalue weighted by molar-refractivity contribution is -0.120. The van der Waals surface area contributed by atoms with Crippen LogP contribution < -0.4 is 5.32 Å². The molecule has 1 aliphatic heterocycles. The molecule has 5 heteroatoms. The van der Waals surface area contributed by atoms with Crippen molar-refractivity contribution in [2.75, 3.05) is 11.9 Å². The van der Waals surface area contributed by atoms with Crippen molar-refractivity contribution >= 4 is 17.6 Å². The summed E-state index contributed by atoms with van der Waals surface area (Å²) in [5.74, 6) is -1.07. The number of anilines is 1. The summed E-state index contributed by atoms with van der Waals surface area (Å²) < 4.78 is 0. The number of carboxylic acid groups (broad SMARTS) is 1. The van der Waals surface area contributed by atoms with E-state index in [0.29, 0.717) is 5.69 Å². The van der Waals surface area contributed by atoms with Crippen LogP contribution in [0.25, 0.3) is 0 Å². The average Bonchev–Trinajstić information content (AvgIpc) is 3.05. The van der Waals surface area contributed by atoms with Crippen LogP contribution in [0, 0.1) is 6.92 Å². The molecule has 1 amide bonds. The van der Waals surface area contributed by atoms with Crippen molar-refractivity contribution in [3.63, 3.8) is 0 Å². The van der Waals surface area contributed by atoms with Crippen LogP contribution in [-0.4, -0.2) is 34.5 Å². The van der Waals surface area contributed by atoms with E-state index in [0.717, 1.165) is 31.5 Å². The molecule has 130 valence electrons. The Morgan fingerprint density at radius 1 is 1.20 bits per heavy atom. The average molecular weight is 338 g/mol. The monoisotopic (exact) mass is 338 g/mol. The highest BCUT2D eigenvalue weighted by molar-refractivity contribution is 5.97. The predicted octanol–water partition coefficient (Wildman–Crippen LogP) is 3.30. The molecule has 1 aliphatic rings. The molecule has 1 saturated heterocycles. The normalized spacial score (nSPS) is 17.4. The summed E-state index contributed by atoms with van der Waals surface area (Å²) in [6.07, 6.45) is 1.80. The third-order valence-electron chi connectivity index (χ3n) is 4.64. The minimum Gasteiger partial charge on any atom is -0.478 e. The summed E-state index contributed by atoms with van der Waals surface area (Å²) in [6.45, 7) is 3.49. The predicted molar refractivity (Wildman–Crippen MR) is 96.6 cm³/mol. The molecule has 0 unspecified atom stereocenters. The number of aromatic carboxylic acids is 1. The van der Waals surface area contributed by atoms with Crippen molar-refractivity contribution in [3.8, 4) is 0 Å². The van der Waals surface area contributed by atoms with Crippen LogP contribution in [0.5, 0.6) is 0 Å². The summed E-state index contributed by atoms with van der Waals surface area (Å²) in [4.78, 5) is 26.1. The quantitative estimate of drug-likeness (QED) is 0.878. The van der Waals surface area contributed by atoms with Crippen LogP contribution in [0.1, 0.15) is 34.3 Å². The molecule has 0 saturated carbocycles. The number of carboxylic acids is 1. The second-order valence-corrected chi connectivity index (χ2v) is 6.44. The molecule has 1 heterocycles. The number of hydrogen-bond donors (Lipinski definition) is 2. The number of carbonyl (C=O) groups is 2. The van der Waals surface area contributed by atoms with Crippen LogP contribution in [0.4, 0.5) is 5.69 Å². The lowest BCUT2D eigenvalue weighted by Crippen LogP contribution is -2.39. The highest BCUT2D eigenvalue weighted by Gasteiger charge is 2.30. The van der Waals surface area contributed by atoms with Gasteiger partial charge >= 0.3 is 5.97 Å². The lowest BCUT2D eigenvalue weighted by atomic mass is 10.1. The van der Waals surface area contributed by atoms with E-state index in [1.54, 1.807) is 12.1 Å². The maximum absolute atomic E-state index is 12.7. The van der Waals surface area contributed by atoms with E-state index in [-0.39, 0.29) is 17.5 Å². The zero-order chi connectivity index (χ0) is 17.8. The van der Waals surface area contributed by atoms with E-state index >= 15 is 0 Å². The van der Waals surface area contributed by atoms with Gasteiger partial charge in [-0.2, -0.15) is 0 Å². The molecule has 0 radical (unpaired) electrons. The van der Waals surface area contributed by atoms with Gasteiger partial charge in [-0.25, -0.2) is 4.79 Å². The molecule has 2 aromatic rings. The van der Waals surface area contributed by atoms with E-state index in [1.807, 2.05) is 25.1 Å². The van der Waals surface area contributed by atoms with Crippen LogP contribution in [0.2, 0.25) is 0 Å². The molecule has 2 aromatic carbocycles. The first-order chi connectivity index (χ1) is 12.0. The van der Waals surface area contributed by atoms with Crippen LogP contribution in [0.3, 0.4) is 0 Å². The summed E-state index contributed by atoms with van der Waals surface area (Å²) >= 11 is 0. The fourth-order valence-corrected chi connectivity index (χ4v) is 3.24. The van der Waals surface area contributed by atoms with Gasteiger partial charge in [0.05, 0.1) is 11.6 Å². The first kappa shape index (κ1) is 17.2. The van der Waals surface area contributed by atoms with Crippen molar-refractivity contribution in [2.24, 2.45) is 0 Å². The standard InChI is InChI=1S/C20H22N2O3/c1-14-9-10-16(20(24)25)12-17(14)21-19(23)18-8-5-11-22(18)13-15-6-3-2-4-7-15/h2-4,6-7,9-10,12,18H,5,8,11,13H2,1H3,(H,21,23)(H,24,25)/t18-/m0/s1. The van der Waals surface area contributed by atoms with Crippen molar-refractivity contribution in [1.29, 1.82) is 0 Å². The Labute approximate surface area is 147 Å². The second kappa shape index (κ2) is 7.49. The van der Waals surface area contributed by atoms with Gasteiger partial charge in [0.25, 0.3) is 0 Å². The minimum absolute atomic E-state index is 0.0703. The van der Waals surface area contributed by atoms with Crippen molar-refractivity contribution < 1.29 is 14.7 Å². The van der Waals surface area contributed by atoms with Crippen molar-refractivity contribution in [2.45, 2.75) is 32.4 Å². The van der Waals surface area contributed by atoms with Gasteiger partial charge in [-0.3, -0.25) is 9.69 Å². The molecule has 0 bridgehead atoms. The Kier molecular flexibility index (Phi) is 5.14. The SMILES string of the molecule is Cc1ccc(C(=O)O)cc1NC(=O)[C@@H]1CCCN1Cc1ccccc1. The lowest BCUT2D eigenvalue weighted by Gasteiger charge is -2.24. The Hall–Kier alpha value is -2.66. The van der Waals surface area contributed by atoms with E-state index in [9.17, 15) is 9.59 Å². The Balaban J connectivity index is 1.72. The highest BCUT2D eigenvalue weighted by Crippen LogP contribution is 2.23. The third-order valence-corrected chi connectivity index (χ3v) is 4.64. The summed E-state index contributed by atoms with van der Waals surface area (Å²) in [6, 6.07) is 14.7. The molecular formula is C20H22N2O3.